The highest BCUT2D eigenvalue weighted by Crippen LogP contribution is 2.38. The fourth-order valence-corrected chi connectivity index (χ4v) is 21.2. The van der Waals surface area contributed by atoms with Crippen LogP contribution >= 0.6 is 11.3 Å². The number of allylic oxidation sites excluding steroid dienone is 6. The molecule has 5 N–H and O–H groups in total. The summed E-state index contributed by atoms with van der Waals surface area (Å²) >= 11 is 1.83. The lowest BCUT2D eigenvalue weighted by Crippen LogP contribution is -2.36. The monoisotopic (exact) mass is 1950 g/mol. The summed E-state index contributed by atoms with van der Waals surface area (Å²) in [5.74, 6) is 0.184. The number of fused-ring (bicyclic) bond motifs is 9. The van der Waals surface area contributed by atoms with Crippen molar-refractivity contribution in [2.45, 2.75) is 179 Å². The molecule has 9 aromatic rings. The van der Waals surface area contributed by atoms with Crippen molar-refractivity contribution in [2.75, 3.05) is 94.1 Å². The highest BCUT2D eigenvalue weighted by molar-refractivity contribution is 7.87. The number of unbranched alkanes of at least 4 members (excludes halogenated alkanes) is 1. The molecule has 0 fully saturated rings. The number of ketones is 1. The standard InChI is InChI=1S/C15H20N2O3S.C15H13NO4S.C14H17NO3S2.3C14H19NO3S.C6H15NO3S/c18-21(19,20)10-4-3-8-17-9-7-13-12-5-1-2-6-14(12)16-15(13)11-17;17-15-13-5-2-1-4-11(13)12-6-8-16(10-14(12)15)7-3-9-21(18,19)20;16-20(17,18)9-3-7-15-8-6-12-11-4-1-2-5-13(11)19-14(12)10-15;3*16-19(17,18)12-4-9-15-10-7-14(8-11-15)13-5-2-1-3-6-13;1-7(2,3)5-4-6-11(8,9)10/h1-2,5-6,16H,3-4,7-11H2,(H,18,19,20);1-2,4-6,8,10H,3,7,9H2;1-2,4-5H,3,6-10H2,(H,16,17,18);3*1-2,7-8,10-11,13H,3-6,9,12H2;4-6H2,1-3H3/p+2. The number of carbonyl (C=O) groups excluding carboxylic acids is 1. The zero-order chi connectivity index (χ0) is 94.3. The Hall–Kier alpha value is -8.10. The Bertz CT molecular complexity index is 5910. The molecule has 15 rings (SSSR count). The minimum Gasteiger partial charge on any atom is -0.748 e. The number of benzene rings is 3. The van der Waals surface area contributed by atoms with Crippen molar-refractivity contribution in [1.82, 2.24) is 14.8 Å². The molecule has 6 aromatic heterocycles. The number of thiophene rings is 1. The average molecular weight is 1950 g/mol. The van der Waals surface area contributed by atoms with Gasteiger partial charge < -0.3 is 23.1 Å². The molecule has 4 aliphatic carbocycles. The number of hydrogen-bond donors (Lipinski definition) is 5. The Morgan fingerprint density at radius 2 is 0.792 bits per heavy atom. The van der Waals surface area contributed by atoms with Gasteiger partial charge in [-0.05, 0) is 172 Å². The first-order valence-corrected chi connectivity index (χ1v) is 55.9. The highest BCUT2D eigenvalue weighted by Gasteiger charge is 2.30. The second-order valence-corrected chi connectivity index (χ2v) is 46.4. The normalized spacial score (nSPS) is 17.0. The molecule has 3 atom stereocenters. The minimum absolute atomic E-state index is 0.00951. The Balaban J connectivity index is 0.000000172. The van der Waals surface area contributed by atoms with Gasteiger partial charge in [-0.15, -0.1) is 11.3 Å². The number of nitrogens with one attached hydrogen (secondary N) is 1. The third-order valence-electron chi connectivity index (χ3n) is 23.0. The number of aromatic nitrogens is 5. The number of aromatic amines is 1. The first-order chi connectivity index (χ1) is 61.4. The predicted molar refractivity (Wildman–Crippen MR) is 500 cm³/mol. The van der Waals surface area contributed by atoms with Gasteiger partial charge in [-0.2, -0.15) is 33.7 Å². The van der Waals surface area contributed by atoms with Crippen molar-refractivity contribution in [2.24, 2.45) is 0 Å². The summed E-state index contributed by atoms with van der Waals surface area (Å²) < 4.78 is 224. The molecule has 8 heterocycles. The molecule has 0 amide bonds. The molecule has 0 radical (unpaired) electrons. The van der Waals surface area contributed by atoms with Crippen LogP contribution in [0, 0.1) is 0 Å². The van der Waals surface area contributed by atoms with E-state index in [0.717, 1.165) is 113 Å². The maximum Gasteiger partial charge on any atom is 0.265 e. The molecule has 3 unspecified atom stereocenters. The van der Waals surface area contributed by atoms with Crippen LogP contribution in [0.25, 0.3) is 32.1 Å². The number of nitrogens with zero attached hydrogens (tertiary/aromatic N) is 7. The molecule has 30 nitrogen and oxygen atoms in total. The first-order valence-electron chi connectivity index (χ1n) is 43.9. The van der Waals surface area contributed by atoms with E-state index in [2.05, 4.69) is 130 Å². The summed E-state index contributed by atoms with van der Waals surface area (Å²) in [5, 5.41) is 2.68. The van der Waals surface area contributed by atoms with Crippen LogP contribution in [0.1, 0.15) is 181 Å². The summed E-state index contributed by atoms with van der Waals surface area (Å²) in [6.07, 6.45) is 44.7. The van der Waals surface area contributed by atoms with Crippen molar-refractivity contribution in [3.05, 3.63) is 251 Å². The van der Waals surface area contributed by atoms with Crippen molar-refractivity contribution >= 4 is 109 Å². The summed E-state index contributed by atoms with van der Waals surface area (Å²) in [6, 6.07) is 38.7. The number of quaternary nitrogens is 1. The van der Waals surface area contributed by atoms with Crippen LogP contribution in [0.5, 0.6) is 0 Å². The van der Waals surface area contributed by atoms with E-state index in [1.165, 1.54) is 78.6 Å². The molecule has 0 saturated heterocycles. The number of H-pyrrole nitrogens is 1. The number of rotatable bonds is 32. The number of hydrogen-bond acceptors (Lipinski definition) is 21. The van der Waals surface area contributed by atoms with Gasteiger partial charge in [0.2, 0.25) is 0 Å². The van der Waals surface area contributed by atoms with Crippen LogP contribution in [0.3, 0.4) is 0 Å². The van der Waals surface area contributed by atoms with Crippen molar-refractivity contribution in [3.8, 4) is 11.1 Å². The van der Waals surface area contributed by atoms with Gasteiger partial charge in [0.15, 0.2) is 55.4 Å². The molecule has 710 valence electrons. The van der Waals surface area contributed by atoms with Crippen molar-refractivity contribution in [1.29, 1.82) is 0 Å². The largest absolute Gasteiger partial charge is 0.748 e. The molecule has 38 heteroatoms. The second-order valence-electron chi connectivity index (χ2n) is 34.4. The summed E-state index contributed by atoms with van der Waals surface area (Å²) in [6.45, 7) is 8.18. The second kappa shape index (κ2) is 49.8. The van der Waals surface area contributed by atoms with E-state index in [1.54, 1.807) is 16.8 Å². The lowest BCUT2D eigenvalue weighted by molar-refractivity contribution is -0.870. The maximum absolute atomic E-state index is 12.3. The van der Waals surface area contributed by atoms with Gasteiger partial charge in [0.25, 0.3) is 40.5 Å². The number of aryl methyl sites for hydroxylation is 4. The summed E-state index contributed by atoms with van der Waals surface area (Å²) in [4.78, 5) is 21.8. The van der Waals surface area contributed by atoms with Crippen LogP contribution in [0.15, 0.2) is 201 Å². The van der Waals surface area contributed by atoms with Crippen molar-refractivity contribution in [3.63, 3.8) is 0 Å². The molecule has 130 heavy (non-hydrogen) atoms. The van der Waals surface area contributed by atoms with E-state index in [9.17, 15) is 77.4 Å². The number of para-hydroxylation sites is 1. The zero-order valence-electron chi connectivity index (χ0n) is 74.0. The summed E-state index contributed by atoms with van der Waals surface area (Å²) in [7, 11) is -21.7. The lowest BCUT2D eigenvalue weighted by atomic mass is 9.88. The van der Waals surface area contributed by atoms with E-state index in [4.69, 9.17) is 18.2 Å². The van der Waals surface area contributed by atoms with Gasteiger partial charge in [0.1, 0.15) is 26.2 Å². The topological polar surface area (TPSA) is 444 Å². The molecule has 0 saturated carbocycles. The van der Waals surface area contributed by atoms with Crippen LogP contribution < -0.4 is 18.3 Å². The fraction of sp³-hybridized carbons (Fsp3) is 0.467. The fourth-order valence-electron chi connectivity index (χ4n) is 16.4. The summed E-state index contributed by atoms with van der Waals surface area (Å²) in [5.41, 5.74) is 12.5. The Morgan fingerprint density at radius 3 is 1.25 bits per heavy atom. The Labute approximate surface area is 771 Å². The van der Waals surface area contributed by atoms with Gasteiger partial charge >= 0.3 is 0 Å². The highest BCUT2D eigenvalue weighted by atomic mass is 32.2. The number of pyridine rings is 4. The predicted octanol–water partition coefficient (Wildman–Crippen LogP) is 11.4. The van der Waals surface area contributed by atoms with Crippen LogP contribution in [0.2, 0.25) is 0 Å². The van der Waals surface area contributed by atoms with E-state index in [-0.39, 0.29) is 46.1 Å². The smallest absolute Gasteiger partial charge is 0.265 e. The Morgan fingerprint density at radius 1 is 0.408 bits per heavy atom. The van der Waals surface area contributed by atoms with E-state index in [0.29, 0.717) is 107 Å². The van der Waals surface area contributed by atoms with Crippen LogP contribution in [-0.4, -0.2) is 210 Å². The maximum atomic E-state index is 12.3. The molecular weight excluding hydrogens is 1830 g/mol. The lowest BCUT2D eigenvalue weighted by Gasteiger charge is -2.26. The van der Waals surface area contributed by atoms with Crippen molar-refractivity contribution < 1.29 is 118 Å². The van der Waals surface area contributed by atoms with Crippen LogP contribution in [-0.2, 0) is 123 Å². The minimum atomic E-state index is -4.09. The molecule has 2 aliphatic heterocycles. The third-order valence-corrected chi connectivity index (χ3v) is 29.8. The van der Waals surface area contributed by atoms with Gasteiger partial charge in [0.05, 0.1) is 86.6 Å². The van der Waals surface area contributed by atoms with E-state index < -0.39 is 70.8 Å². The molecule has 0 spiro atoms. The first kappa shape index (κ1) is 106. The molecule has 6 aliphatic rings. The van der Waals surface area contributed by atoms with Gasteiger partial charge in [-0.1, -0.05) is 97.1 Å². The Kier molecular flexibility index (Phi) is 40.4. The van der Waals surface area contributed by atoms with Gasteiger partial charge in [-0.25, -0.2) is 43.5 Å². The molecular formula is C92H124N8O22S8+2. The average Bonchev–Trinajstić information content (AvgIpc) is 1.64. The molecule has 0 bridgehead atoms. The number of carbonyl (C=O) groups is 1. The molecule has 3 aromatic carbocycles. The third kappa shape index (κ3) is 38.8. The van der Waals surface area contributed by atoms with Crippen LogP contribution in [0.4, 0.5) is 0 Å². The zero-order valence-corrected chi connectivity index (χ0v) is 80.5. The van der Waals surface area contributed by atoms with Gasteiger partial charge in [-0.3, -0.25) is 32.8 Å². The van der Waals surface area contributed by atoms with Gasteiger partial charge in [0, 0.05) is 155 Å². The SMILES string of the molecule is C[N+](C)(C)CCCS(=O)(=O)O.O=C1c2ccccc2-c2cc[n+](CCCS(=O)(=O)O)cc21.O=S(=O)(O)CCCCN1CCc2c([nH]c3ccccc23)C1.O=S(=O)(O)CCCN1CCc2c(sc3ccccc23)C1.O=S(=O)([O-])CCC[n+]1ccc(C2CC=CCC2)cc1.O=S(=O)([O-])CCC[n+]1ccc(C2CC=CCC2)cc1.O=S(=O)([O-])CCC[n+]1ccc(C2CC=CCC2)cc1. The van der Waals surface area contributed by atoms with E-state index >= 15 is 0 Å². The quantitative estimate of drug-likeness (QED) is 0.00859. The van der Waals surface area contributed by atoms with E-state index in [1.807, 2.05) is 120 Å².